The van der Waals surface area contributed by atoms with E-state index in [0.717, 1.165) is 29.1 Å². The number of para-hydroxylation sites is 1. The van der Waals surface area contributed by atoms with Gasteiger partial charge in [-0.15, -0.1) is 0 Å². The Balaban J connectivity index is 1.85. The smallest absolute Gasteiger partial charge is 0.346 e. The van der Waals surface area contributed by atoms with E-state index < -0.39 is 17.5 Å². The van der Waals surface area contributed by atoms with Crippen molar-refractivity contribution in [2.45, 2.75) is 19.4 Å². The van der Waals surface area contributed by atoms with Gasteiger partial charge in [0.2, 0.25) is 0 Å². The van der Waals surface area contributed by atoms with Crippen LogP contribution >= 0.6 is 35.7 Å². The number of anilines is 1. The number of methoxy groups -OCH3 is 3. The largest absolute Gasteiger partial charge is 0.497 e. The van der Waals surface area contributed by atoms with Gasteiger partial charge < -0.3 is 14.2 Å². The van der Waals surface area contributed by atoms with Crippen molar-refractivity contribution in [3.63, 3.8) is 0 Å². The van der Waals surface area contributed by atoms with E-state index in [1.165, 1.54) is 14.2 Å². The average Bonchev–Trinajstić information content (AvgIpc) is 3.33. The quantitative estimate of drug-likeness (QED) is 0.294. The van der Waals surface area contributed by atoms with Crippen LogP contribution in [0.5, 0.6) is 5.75 Å². The number of amides is 1. The van der Waals surface area contributed by atoms with Crippen LogP contribution in [-0.4, -0.2) is 49.6 Å². The summed E-state index contributed by atoms with van der Waals surface area (Å²) in [4.78, 5) is 41.1. The third-order valence-electron chi connectivity index (χ3n) is 5.84. The van der Waals surface area contributed by atoms with Crippen LogP contribution in [0.1, 0.15) is 29.8 Å². The molecule has 0 spiro atoms. The summed E-state index contributed by atoms with van der Waals surface area (Å²) < 4.78 is 15.7. The topological polar surface area (TPSA) is 82.1 Å². The van der Waals surface area contributed by atoms with Gasteiger partial charge in [0.1, 0.15) is 15.6 Å². The number of carbonyl (C=O) groups excluding carboxylic acids is 3. The van der Waals surface area contributed by atoms with Crippen molar-refractivity contribution < 1.29 is 28.6 Å². The first kappa shape index (κ1) is 26.0. The molecule has 2 heterocycles. The van der Waals surface area contributed by atoms with E-state index in [1.807, 2.05) is 38.1 Å². The minimum absolute atomic E-state index is 0.145. The number of fused-ring (bicyclic) bond motifs is 1. The Kier molecular flexibility index (Phi) is 7.31. The SMILES string of the molecule is COC(=O)C1=C(C(=O)OC)SC(=C2C(=S)C(C)(C)N(C(=O)c3ccc(OC)cc3)c3ccccc32)S1. The maximum absolute atomic E-state index is 13.8. The first-order valence-electron chi connectivity index (χ1n) is 10.8. The molecule has 10 heteroatoms. The van der Waals surface area contributed by atoms with E-state index in [9.17, 15) is 14.4 Å². The summed E-state index contributed by atoms with van der Waals surface area (Å²) in [5.41, 5.74) is 1.69. The second kappa shape index (κ2) is 10.1. The van der Waals surface area contributed by atoms with Crippen LogP contribution in [0, 0.1) is 0 Å². The van der Waals surface area contributed by atoms with Gasteiger partial charge in [-0.05, 0) is 44.2 Å². The lowest BCUT2D eigenvalue weighted by molar-refractivity contribution is -0.138. The van der Waals surface area contributed by atoms with Gasteiger partial charge in [-0.25, -0.2) is 9.59 Å². The fourth-order valence-electron chi connectivity index (χ4n) is 3.99. The number of rotatable bonds is 4. The number of hydrogen-bond acceptors (Lipinski definition) is 9. The van der Waals surface area contributed by atoms with Gasteiger partial charge in [0.25, 0.3) is 5.91 Å². The lowest BCUT2D eigenvalue weighted by Crippen LogP contribution is -2.55. The zero-order valence-corrected chi connectivity index (χ0v) is 22.7. The number of hydrogen-bond donors (Lipinski definition) is 0. The molecular formula is C26H23NO6S3. The van der Waals surface area contributed by atoms with E-state index in [2.05, 4.69) is 0 Å². The molecule has 0 saturated heterocycles. The number of nitrogens with zero attached hydrogens (tertiary/aromatic N) is 1. The van der Waals surface area contributed by atoms with Crippen LogP contribution in [0.4, 0.5) is 5.69 Å². The lowest BCUT2D eigenvalue weighted by Gasteiger charge is -2.45. The van der Waals surface area contributed by atoms with Crippen molar-refractivity contribution in [1.29, 1.82) is 0 Å². The second-order valence-corrected chi connectivity index (χ2v) is 11.0. The molecule has 0 fully saturated rings. The van der Waals surface area contributed by atoms with E-state index in [4.69, 9.17) is 26.4 Å². The Morgan fingerprint density at radius 1 is 0.861 bits per heavy atom. The molecule has 0 saturated carbocycles. The summed E-state index contributed by atoms with van der Waals surface area (Å²) in [6, 6.07) is 14.4. The molecule has 1 amide bonds. The Hall–Kier alpha value is -3.08. The van der Waals surface area contributed by atoms with Crippen molar-refractivity contribution in [2.24, 2.45) is 0 Å². The first-order chi connectivity index (χ1) is 17.1. The Bertz CT molecular complexity index is 1310. The number of benzene rings is 2. The van der Waals surface area contributed by atoms with Crippen molar-refractivity contribution in [1.82, 2.24) is 0 Å². The Morgan fingerprint density at radius 2 is 1.42 bits per heavy atom. The number of thiocarbonyl (C=S) groups is 1. The average molecular weight is 542 g/mol. The van der Waals surface area contributed by atoms with Crippen LogP contribution in [0.3, 0.4) is 0 Å². The molecule has 2 aliphatic heterocycles. The van der Waals surface area contributed by atoms with Gasteiger partial charge in [0.15, 0.2) is 0 Å². The molecule has 2 aliphatic rings. The molecule has 0 atom stereocenters. The van der Waals surface area contributed by atoms with E-state index in [1.54, 1.807) is 36.3 Å². The molecule has 36 heavy (non-hydrogen) atoms. The molecule has 0 aliphatic carbocycles. The summed E-state index contributed by atoms with van der Waals surface area (Å²) >= 11 is 8.22. The maximum atomic E-state index is 13.8. The zero-order valence-electron chi connectivity index (χ0n) is 20.2. The van der Waals surface area contributed by atoms with E-state index in [0.29, 0.717) is 31.7 Å². The van der Waals surface area contributed by atoms with Gasteiger partial charge in [0.05, 0.1) is 41.7 Å². The van der Waals surface area contributed by atoms with Crippen molar-refractivity contribution in [2.75, 3.05) is 26.2 Å². The van der Waals surface area contributed by atoms with Gasteiger partial charge in [-0.2, -0.15) is 0 Å². The molecule has 0 bridgehead atoms. The number of esters is 2. The minimum atomic E-state index is -0.899. The number of thioether (sulfide) groups is 2. The minimum Gasteiger partial charge on any atom is -0.497 e. The van der Waals surface area contributed by atoms with Crippen LogP contribution in [0.15, 0.2) is 62.6 Å². The molecule has 0 radical (unpaired) electrons. The molecule has 2 aromatic carbocycles. The third-order valence-corrected chi connectivity index (χ3v) is 9.10. The van der Waals surface area contributed by atoms with E-state index >= 15 is 0 Å². The molecular weight excluding hydrogens is 518 g/mol. The summed E-state index contributed by atoms with van der Waals surface area (Å²) in [6.45, 7) is 3.76. The zero-order chi connectivity index (χ0) is 26.2. The van der Waals surface area contributed by atoms with Crippen LogP contribution in [-0.2, 0) is 19.1 Å². The van der Waals surface area contributed by atoms with Crippen molar-refractivity contribution in [3.05, 3.63) is 73.7 Å². The Labute approximate surface area is 222 Å². The number of ether oxygens (including phenoxy) is 3. The number of carbonyl (C=O) groups is 3. The lowest BCUT2D eigenvalue weighted by atomic mass is 9.83. The highest BCUT2D eigenvalue weighted by molar-refractivity contribution is 8.29. The normalized spacial score (nSPS) is 16.6. The highest BCUT2D eigenvalue weighted by Crippen LogP contribution is 2.56. The van der Waals surface area contributed by atoms with Crippen LogP contribution in [0.25, 0.3) is 5.57 Å². The van der Waals surface area contributed by atoms with Gasteiger partial charge in [-0.1, -0.05) is 53.9 Å². The van der Waals surface area contributed by atoms with Crippen molar-refractivity contribution >= 4 is 69.7 Å². The predicted octanol–water partition coefficient (Wildman–Crippen LogP) is 5.21. The predicted molar refractivity (Wildman–Crippen MR) is 146 cm³/mol. The van der Waals surface area contributed by atoms with E-state index in [-0.39, 0.29) is 15.7 Å². The van der Waals surface area contributed by atoms with Crippen LogP contribution < -0.4 is 9.64 Å². The molecule has 0 aromatic heterocycles. The first-order valence-corrected chi connectivity index (χ1v) is 12.8. The highest BCUT2D eigenvalue weighted by atomic mass is 32.2. The standard InChI is InChI=1S/C26H23NO6S3/c1-26(2)21(34)18(25-35-19(23(29)32-4)20(36-25)24(30)33-5)16-8-6-7-9-17(16)27(26)22(28)14-10-12-15(31-3)13-11-14/h6-13H,1-5H3. The van der Waals surface area contributed by atoms with Crippen LogP contribution in [0.2, 0.25) is 0 Å². The second-order valence-electron chi connectivity index (χ2n) is 8.28. The summed E-state index contributed by atoms with van der Waals surface area (Å²) in [5.74, 6) is -0.821. The summed E-state index contributed by atoms with van der Waals surface area (Å²) in [7, 11) is 4.08. The van der Waals surface area contributed by atoms with Gasteiger partial charge in [0, 0.05) is 16.7 Å². The molecule has 2 aromatic rings. The molecule has 4 rings (SSSR count). The highest BCUT2D eigenvalue weighted by Gasteiger charge is 2.46. The van der Waals surface area contributed by atoms with Crippen molar-refractivity contribution in [3.8, 4) is 5.75 Å². The molecule has 0 N–H and O–H groups in total. The summed E-state index contributed by atoms with van der Waals surface area (Å²) in [6.07, 6.45) is 0. The Morgan fingerprint density at radius 3 is 1.94 bits per heavy atom. The fraction of sp³-hybridized carbons (Fsp3) is 0.231. The monoisotopic (exact) mass is 541 g/mol. The molecule has 7 nitrogen and oxygen atoms in total. The molecule has 0 unspecified atom stereocenters. The summed E-state index contributed by atoms with van der Waals surface area (Å²) in [5, 5.41) is 0. The molecule has 186 valence electrons. The van der Waals surface area contributed by atoms with Gasteiger partial charge in [-0.3, -0.25) is 9.69 Å². The maximum Gasteiger partial charge on any atom is 0.346 e. The van der Waals surface area contributed by atoms with Gasteiger partial charge >= 0.3 is 11.9 Å². The fourth-order valence-corrected chi connectivity index (χ4v) is 7.03. The third kappa shape index (κ3) is 4.33.